The Labute approximate surface area is 131 Å². The van der Waals surface area contributed by atoms with Crippen molar-refractivity contribution in [3.63, 3.8) is 0 Å². The van der Waals surface area contributed by atoms with E-state index in [4.69, 9.17) is 4.74 Å². The SMILES string of the molecule is CNC(=O)Nc1c(C)cccc1COc1ccc(C)cc1C. The van der Waals surface area contributed by atoms with Crippen molar-refractivity contribution in [3.8, 4) is 5.75 Å². The quantitative estimate of drug-likeness (QED) is 0.898. The summed E-state index contributed by atoms with van der Waals surface area (Å²) in [4.78, 5) is 11.6. The lowest BCUT2D eigenvalue weighted by molar-refractivity contribution is 0.254. The van der Waals surface area contributed by atoms with Crippen LogP contribution in [0.1, 0.15) is 22.3 Å². The number of carbonyl (C=O) groups is 1. The maximum absolute atomic E-state index is 11.6. The van der Waals surface area contributed by atoms with Crippen molar-refractivity contribution in [2.75, 3.05) is 12.4 Å². The number of hydrogen-bond donors (Lipinski definition) is 2. The summed E-state index contributed by atoms with van der Waals surface area (Å²) in [5.74, 6) is 0.859. The molecule has 0 aliphatic heterocycles. The molecule has 0 atom stereocenters. The van der Waals surface area contributed by atoms with E-state index in [-0.39, 0.29) is 6.03 Å². The highest BCUT2D eigenvalue weighted by Gasteiger charge is 2.09. The molecular formula is C18H22N2O2. The molecule has 2 rings (SSSR count). The number of para-hydroxylation sites is 1. The van der Waals surface area contributed by atoms with Crippen LogP contribution in [0, 0.1) is 20.8 Å². The smallest absolute Gasteiger partial charge is 0.318 e. The number of nitrogens with one attached hydrogen (secondary N) is 2. The molecule has 0 unspecified atom stereocenters. The van der Waals surface area contributed by atoms with E-state index in [1.165, 1.54) is 5.56 Å². The van der Waals surface area contributed by atoms with E-state index in [2.05, 4.69) is 23.6 Å². The third kappa shape index (κ3) is 3.79. The Hall–Kier alpha value is -2.49. The van der Waals surface area contributed by atoms with Crippen LogP contribution in [-0.2, 0) is 6.61 Å². The minimum Gasteiger partial charge on any atom is -0.489 e. The number of ether oxygens (including phenoxy) is 1. The van der Waals surface area contributed by atoms with E-state index in [0.717, 1.165) is 28.1 Å². The summed E-state index contributed by atoms with van der Waals surface area (Å²) in [6, 6.07) is 11.8. The van der Waals surface area contributed by atoms with Crippen LogP contribution in [0.2, 0.25) is 0 Å². The predicted molar refractivity (Wildman–Crippen MR) is 89.5 cm³/mol. The maximum Gasteiger partial charge on any atom is 0.318 e. The average Bonchev–Trinajstić information content (AvgIpc) is 2.49. The van der Waals surface area contributed by atoms with Crippen LogP contribution in [0.4, 0.5) is 10.5 Å². The van der Waals surface area contributed by atoms with Crippen LogP contribution in [-0.4, -0.2) is 13.1 Å². The highest BCUT2D eigenvalue weighted by Crippen LogP contribution is 2.24. The summed E-state index contributed by atoms with van der Waals surface area (Å²) < 4.78 is 5.92. The molecule has 0 aliphatic carbocycles. The summed E-state index contributed by atoms with van der Waals surface area (Å²) in [6.45, 7) is 6.46. The van der Waals surface area contributed by atoms with Gasteiger partial charge in [-0.3, -0.25) is 0 Å². The lowest BCUT2D eigenvalue weighted by Gasteiger charge is -2.15. The summed E-state index contributed by atoms with van der Waals surface area (Å²) in [6.07, 6.45) is 0. The number of carbonyl (C=O) groups excluding carboxylic acids is 1. The molecule has 0 saturated carbocycles. The lowest BCUT2D eigenvalue weighted by atomic mass is 10.1. The van der Waals surface area contributed by atoms with Gasteiger partial charge >= 0.3 is 6.03 Å². The summed E-state index contributed by atoms with van der Waals surface area (Å²) in [5, 5.41) is 5.42. The van der Waals surface area contributed by atoms with Gasteiger partial charge in [0.25, 0.3) is 0 Å². The fourth-order valence-electron chi connectivity index (χ4n) is 2.32. The third-order valence-corrected chi connectivity index (χ3v) is 3.54. The largest absolute Gasteiger partial charge is 0.489 e. The zero-order valence-corrected chi connectivity index (χ0v) is 13.5. The van der Waals surface area contributed by atoms with Crippen molar-refractivity contribution in [2.24, 2.45) is 0 Å². The molecule has 0 aromatic heterocycles. The minimum atomic E-state index is -0.234. The van der Waals surface area contributed by atoms with Crippen LogP contribution < -0.4 is 15.4 Å². The van der Waals surface area contributed by atoms with Crippen LogP contribution >= 0.6 is 0 Å². The Bertz CT molecular complexity index is 681. The molecule has 22 heavy (non-hydrogen) atoms. The van der Waals surface area contributed by atoms with Crippen molar-refractivity contribution in [1.29, 1.82) is 0 Å². The lowest BCUT2D eigenvalue weighted by Crippen LogP contribution is -2.25. The van der Waals surface area contributed by atoms with Gasteiger partial charge in [-0.05, 0) is 38.0 Å². The molecule has 2 aromatic carbocycles. The van der Waals surface area contributed by atoms with Crippen molar-refractivity contribution >= 4 is 11.7 Å². The van der Waals surface area contributed by atoms with Crippen LogP contribution in [0.15, 0.2) is 36.4 Å². The van der Waals surface area contributed by atoms with Gasteiger partial charge in [-0.2, -0.15) is 0 Å². The van der Waals surface area contributed by atoms with E-state index < -0.39 is 0 Å². The van der Waals surface area contributed by atoms with E-state index in [1.807, 2.05) is 44.2 Å². The summed E-state index contributed by atoms with van der Waals surface area (Å²) >= 11 is 0. The normalized spacial score (nSPS) is 10.2. The Balaban J connectivity index is 2.18. The van der Waals surface area contributed by atoms with Gasteiger partial charge in [0, 0.05) is 12.6 Å². The first-order valence-electron chi connectivity index (χ1n) is 7.28. The number of amides is 2. The second kappa shape index (κ2) is 6.98. The van der Waals surface area contributed by atoms with Crippen molar-refractivity contribution in [3.05, 3.63) is 58.7 Å². The molecule has 0 fully saturated rings. The molecule has 0 aliphatic rings. The molecule has 0 radical (unpaired) electrons. The Morgan fingerprint density at radius 1 is 1.09 bits per heavy atom. The van der Waals surface area contributed by atoms with Crippen LogP contribution in [0.5, 0.6) is 5.75 Å². The predicted octanol–water partition coefficient (Wildman–Crippen LogP) is 3.94. The first-order chi connectivity index (χ1) is 10.5. The first kappa shape index (κ1) is 15.9. The van der Waals surface area contributed by atoms with E-state index >= 15 is 0 Å². The first-order valence-corrected chi connectivity index (χ1v) is 7.28. The zero-order chi connectivity index (χ0) is 16.1. The summed E-state index contributed by atoms with van der Waals surface area (Å²) in [7, 11) is 1.60. The molecule has 116 valence electrons. The van der Waals surface area contributed by atoms with E-state index in [1.54, 1.807) is 7.05 Å². The number of aryl methyl sites for hydroxylation is 3. The number of hydrogen-bond acceptors (Lipinski definition) is 2. The van der Waals surface area contributed by atoms with Gasteiger partial charge in [0.2, 0.25) is 0 Å². The van der Waals surface area contributed by atoms with Gasteiger partial charge in [0.05, 0.1) is 5.69 Å². The molecular weight excluding hydrogens is 276 g/mol. The third-order valence-electron chi connectivity index (χ3n) is 3.54. The molecule has 2 aromatic rings. The highest BCUT2D eigenvalue weighted by molar-refractivity contribution is 5.90. The van der Waals surface area contributed by atoms with Crippen molar-refractivity contribution in [1.82, 2.24) is 5.32 Å². The van der Waals surface area contributed by atoms with Gasteiger partial charge in [-0.1, -0.05) is 35.9 Å². The fourth-order valence-corrected chi connectivity index (χ4v) is 2.32. The topological polar surface area (TPSA) is 50.4 Å². The van der Waals surface area contributed by atoms with E-state index in [0.29, 0.717) is 6.61 Å². The molecule has 0 saturated heterocycles. The van der Waals surface area contributed by atoms with Crippen molar-refractivity contribution < 1.29 is 9.53 Å². The van der Waals surface area contributed by atoms with Crippen molar-refractivity contribution in [2.45, 2.75) is 27.4 Å². The molecule has 2 N–H and O–H groups in total. The average molecular weight is 298 g/mol. The Kier molecular flexibility index (Phi) is 5.04. The molecule has 4 heteroatoms. The molecule has 0 bridgehead atoms. The zero-order valence-electron chi connectivity index (χ0n) is 13.5. The maximum atomic E-state index is 11.6. The van der Waals surface area contributed by atoms with E-state index in [9.17, 15) is 4.79 Å². The van der Waals surface area contributed by atoms with Gasteiger partial charge in [0.15, 0.2) is 0 Å². The van der Waals surface area contributed by atoms with Gasteiger partial charge in [-0.25, -0.2) is 4.79 Å². The Morgan fingerprint density at radius 2 is 1.86 bits per heavy atom. The molecule has 0 heterocycles. The second-order valence-electron chi connectivity index (χ2n) is 5.37. The number of benzene rings is 2. The van der Waals surface area contributed by atoms with Gasteiger partial charge < -0.3 is 15.4 Å². The number of urea groups is 1. The highest BCUT2D eigenvalue weighted by atomic mass is 16.5. The second-order valence-corrected chi connectivity index (χ2v) is 5.37. The van der Waals surface area contributed by atoms with Gasteiger partial charge in [-0.15, -0.1) is 0 Å². The van der Waals surface area contributed by atoms with Crippen LogP contribution in [0.25, 0.3) is 0 Å². The monoisotopic (exact) mass is 298 g/mol. The summed E-state index contributed by atoms with van der Waals surface area (Å²) in [5.41, 5.74) is 5.07. The van der Waals surface area contributed by atoms with Gasteiger partial charge in [0.1, 0.15) is 12.4 Å². The standard InChI is InChI=1S/C18H22N2O2/c1-12-8-9-16(14(3)10-12)22-11-15-7-5-6-13(2)17(15)20-18(21)19-4/h5-10H,11H2,1-4H3,(H2,19,20,21). The number of rotatable bonds is 4. The minimum absolute atomic E-state index is 0.234. The molecule has 4 nitrogen and oxygen atoms in total. The van der Waals surface area contributed by atoms with Crippen LogP contribution in [0.3, 0.4) is 0 Å². The Morgan fingerprint density at radius 3 is 2.55 bits per heavy atom. The molecule has 0 spiro atoms. The number of anilines is 1. The molecule has 2 amide bonds. The fraction of sp³-hybridized carbons (Fsp3) is 0.278.